The second kappa shape index (κ2) is 7.18. The SMILES string of the molecule is Cc1sc2nc(COC(=O)COc3cccc4c3OC(C)(C)C4)[nH]c(=O)c2c1C. The number of ether oxygens (including phenoxy) is 3. The van der Waals surface area contributed by atoms with Crippen molar-refractivity contribution in [3.63, 3.8) is 0 Å². The molecule has 0 aliphatic carbocycles. The van der Waals surface area contributed by atoms with Gasteiger partial charge < -0.3 is 19.2 Å². The molecule has 3 aromatic rings. The standard InChI is InChI=1S/C21H22N2O5S/c1-11-12(2)29-20-17(11)19(25)22-15(23-20)9-27-16(24)10-26-14-7-5-6-13-8-21(3,4)28-18(13)14/h5-7H,8-10H2,1-4H3,(H,22,23,25). The van der Waals surface area contributed by atoms with Crippen molar-refractivity contribution in [1.82, 2.24) is 9.97 Å². The zero-order chi connectivity index (χ0) is 20.8. The molecular formula is C21H22N2O5S. The number of fused-ring (bicyclic) bond motifs is 2. The lowest BCUT2D eigenvalue weighted by Crippen LogP contribution is -2.25. The van der Waals surface area contributed by atoms with Gasteiger partial charge in [-0.3, -0.25) is 4.79 Å². The van der Waals surface area contributed by atoms with E-state index in [0.29, 0.717) is 27.5 Å². The molecule has 0 atom stereocenters. The molecule has 0 saturated carbocycles. The van der Waals surface area contributed by atoms with Gasteiger partial charge in [-0.25, -0.2) is 9.78 Å². The van der Waals surface area contributed by atoms with Gasteiger partial charge in [0, 0.05) is 16.9 Å². The van der Waals surface area contributed by atoms with Crippen LogP contribution in [0.4, 0.5) is 0 Å². The van der Waals surface area contributed by atoms with Crippen LogP contribution in [0, 0.1) is 13.8 Å². The van der Waals surface area contributed by atoms with Crippen LogP contribution in [0.25, 0.3) is 10.2 Å². The number of H-pyrrole nitrogens is 1. The van der Waals surface area contributed by atoms with Gasteiger partial charge in [0.2, 0.25) is 0 Å². The molecule has 29 heavy (non-hydrogen) atoms. The molecule has 0 saturated heterocycles. The number of para-hydroxylation sites is 1. The Bertz CT molecular complexity index is 1160. The number of carbonyl (C=O) groups is 1. The van der Waals surface area contributed by atoms with Crippen LogP contribution in [0.1, 0.15) is 35.7 Å². The average molecular weight is 414 g/mol. The van der Waals surface area contributed by atoms with Crippen LogP contribution in [0.3, 0.4) is 0 Å². The van der Waals surface area contributed by atoms with Gasteiger partial charge in [-0.05, 0) is 39.3 Å². The molecule has 1 aliphatic rings. The van der Waals surface area contributed by atoms with Crippen molar-refractivity contribution < 1.29 is 19.0 Å². The molecular weight excluding hydrogens is 392 g/mol. The smallest absolute Gasteiger partial charge is 0.344 e. The number of benzene rings is 1. The Labute approximate surface area is 171 Å². The molecule has 1 aliphatic heterocycles. The summed E-state index contributed by atoms with van der Waals surface area (Å²) in [5.74, 6) is 0.941. The summed E-state index contributed by atoms with van der Waals surface area (Å²) in [4.78, 5) is 33.2. The zero-order valence-corrected chi connectivity index (χ0v) is 17.6. The third-order valence-corrected chi connectivity index (χ3v) is 5.96. The van der Waals surface area contributed by atoms with Crippen molar-refractivity contribution in [3.8, 4) is 11.5 Å². The second-order valence-electron chi connectivity index (χ2n) is 7.71. The normalized spacial score (nSPS) is 14.5. The number of nitrogens with zero attached hydrogens (tertiary/aromatic N) is 1. The molecule has 8 heteroatoms. The summed E-state index contributed by atoms with van der Waals surface area (Å²) in [6.07, 6.45) is 0.785. The van der Waals surface area contributed by atoms with Crippen molar-refractivity contribution in [2.24, 2.45) is 0 Å². The average Bonchev–Trinajstić information content (AvgIpc) is 3.12. The van der Waals surface area contributed by atoms with Crippen molar-refractivity contribution in [2.45, 2.75) is 46.3 Å². The number of hydrogen-bond donors (Lipinski definition) is 1. The minimum Gasteiger partial charge on any atom is -0.483 e. The number of rotatable bonds is 5. The van der Waals surface area contributed by atoms with E-state index in [1.54, 1.807) is 6.07 Å². The fourth-order valence-electron chi connectivity index (χ4n) is 3.40. The van der Waals surface area contributed by atoms with Gasteiger partial charge in [-0.2, -0.15) is 0 Å². The maximum absolute atomic E-state index is 12.3. The largest absolute Gasteiger partial charge is 0.483 e. The van der Waals surface area contributed by atoms with Crippen LogP contribution in [0.15, 0.2) is 23.0 Å². The molecule has 0 amide bonds. The third kappa shape index (κ3) is 3.85. The first-order valence-electron chi connectivity index (χ1n) is 9.32. The molecule has 0 spiro atoms. The molecule has 3 heterocycles. The first-order valence-corrected chi connectivity index (χ1v) is 10.1. The lowest BCUT2D eigenvalue weighted by atomic mass is 10.0. The lowest BCUT2D eigenvalue weighted by molar-refractivity contribution is -0.147. The third-order valence-electron chi connectivity index (χ3n) is 4.86. The van der Waals surface area contributed by atoms with Gasteiger partial charge in [-0.1, -0.05) is 12.1 Å². The number of aryl methyl sites for hydroxylation is 2. The van der Waals surface area contributed by atoms with Gasteiger partial charge in [-0.15, -0.1) is 11.3 Å². The Hall–Kier alpha value is -2.87. The van der Waals surface area contributed by atoms with Crippen LogP contribution in [0.2, 0.25) is 0 Å². The van der Waals surface area contributed by atoms with Crippen LogP contribution < -0.4 is 15.0 Å². The highest BCUT2D eigenvalue weighted by Crippen LogP contribution is 2.41. The Balaban J connectivity index is 1.39. The van der Waals surface area contributed by atoms with E-state index in [1.807, 2.05) is 39.8 Å². The maximum atomic E-state index is 12.3. The number of aromatic amines is 1. The number of aromatic nitrogens is 2. The van der Waals surface area contributed by atoms with Gasteiger partial charge in [0.05, 0.1) is 5.39 Å². The molecule has 152 valence electrons. The minimum atomic E-state index is -0.554. The van der Waals surface area contributed by atoms with E-state index >= 15 is 0 Å². The van der Waals surface area contributed by atoms with Crippen LogP contribution in [-0.2, 0) is 22.6 Å². The highest BCUT2D eigenvalue weighted by Gasteiger charge is 2.32. The molecule has 0 unspecified atom stereocenters. The van der Waals surface area contributed by atoms with Crippen LogP contribution >= 0.6 is 11.3 Å². The molecule has 0 bridgehead atoms. The number of carbonyl (C=O) groups excluding carboxylic acids is 1. The van der Waals surface area contributed by atoms with E-state index < -0.39 is 5.97 Å². The molecule has 7 nitrogen and oxygen atoms in total. The topological polar surface area (TPSA) is 90.5 Å². The fourth-order valence-corrected chi connectivity index (χ4v) is 4.44. The van der Waals surface area contributed by atoms with Crippen molar-refractivity contribution in [1.29, 1.82) is 0 Å². The van der Waals surface area contributed by atoms with Gasteiger partial charge >= 0.3 is 5.97 Å². The summed E-state index contributed by atoms with van der Waals surface area (Å²) < 4.78 is 16.8. The minimum absolute atomic E-state index is 0.125. The Kier molecular flexibility index (Phi) is 4.82. The van der Waals surface area contributed by atoms with Gasteiger partial charge in [0.1, 0.15) is 22.9 Å². The Morgan fingerprint density at radius 1 is 1.34 bits per heavy atom. The summed E-state index contributed by atoms with van der Waals surface area (Å²) in [5.41, 5.74) is 1.46. The number of nitrogens with one attached hydrogen (secondary N) is 1. The number of thiophene rings is 1. The van der Waals surface area contributed by atoms with Crippen molar-refractivity contribution in [2.75, 3.05) is 6.61 Å². The van der Waals surface area contributed by atoms with E-state index in [4.69, 9.17) is 14.2 Å². The quantitative estimate of drug-likeness (QED) is 0.643. The van der Waals surface area contributed by atoms with Gasteiger partial charge in [0.25, 0.3) is 5.56 Å². The highest BCUT2D eigenvalue weighted by atomic mass is 32.1. The number of hydrogen-bond acceptors (Lipinski definition) is 7. The van der Waals surface area contributed by atoms with E-state index in [1.165, 1.54) is 11.3 Å². The predicted octanol–water partition coefficient (Wildman–Crippen LogP) is 3.44. The summed E-state index contributed by atoms with van der Waals surface area (Å²) in [6.45, 7) is 7.47. The lowest BCUT2D eigenvalue weighted by Gasteiger charge is -2.18. The molecule has 1 N–H and O–H groups in total. The van der Waals surface area contributed by atoms with Gasteiger partial charge in [0.15, 0.2) is 18.1 Å². The van der Waals surface area contributed by atoms with Crippen LogP contribution in [-0.4, -0.2) is 28.1 Å². The first kappa shape index (κ1) is 19.4. The highest BCUT2D eigenvalue weighted by molar-refractivity contribution is 7.18. The number of esters is 1. The summed E-state index contributed by atoms with van der Waals surface area (Å²) >= 11 is 1.45. The fraction of sp³-hybridized carbons (Fsp3) is 0.381. The van der Waals surface area contributed by atoms with E-state index in [-0.39, 0.29) is 24.4 Å². The molecule has 0 fully saturated rings. The second-order valence-corrected chi connectivity index (χ2v) is 8.91. The first-order chi connectivity index (χ1) is 13.7. The van der Waals surface area contributed by atoms with E-state index in [0.717, 1.165) is 22.4 Å². The monoisotopic (exact) mass is 414 g/mol. The summed E-state index contributed by atoms with van der Waals surface area (Å²) in [5, 5.41) is 0.590. The van der Waals surface area contributed by atoms with Crippen molar-refractivity contribution >= 4 is 27.5 Å². The van der Waals surface area contributed by atoms with E-state index in [2.05, 4.69) is 9.97 Å². The van der Waals surface area contributed by atoms with Crippen molar-refractivity contribution in [3.05, 3.63) is 50.4 Å². The van der Waals surface area contributed by atoms with Crippen LogP contribution in [0.5, 0.6) is 11.5 Å². The van der Waals surface area contributed by atoms with E-state index in [9.17, 15) is 9.59 Å². The molecule has 1 aromatic carbocycles. The summed E-state index contributed by atoms with van der Waals surface area (Å²) in [7, 11) is 0. The zero-order valence-electron chi connectivity index (χ0n) is 16.8. The predicted molar refractivity (Wildman–Crippen MR) is 110 cm³/mol. The maximum Gasteiger partial charge on any atom is 0.344 e. The molecule has 2 aromatic heterocycles. The Morgan fingerprint density at radius 2 is 2.14 bits per heavy atom. The Morgan fingerprint density at radius 3 is 2.93 bits per heavy atom. The summed E-state index contributed by atoms with van der Waals surface area (Å²) in [6, 6.07) is 5.63. The molecule has 0 radical (unpaired) electrons. The molecule has 4 rings (SSSR count).